The summed E-state index contributed by atoms with van der Waals surface area (Å²) >= 11 is 0. The van der Waals surface area contributed by atoms with Crippen LogP contribution < -0.4 is 15.4 Å². The van der Waals surface area contributed by atoms with Gasteiger partial charge in [0.2, 0.25) is 11.8 Å². The minimum Gasteiger partial charge on any atom is -0.471 e. The van der Waals surface area contributed by atoms with Crippen LogP contribution in [0.4, 0.5) is 8.78 Å². The smallest absolute Gasteiger partial charge is 0.218 e. The van der Waals surface area contributed by atoms with E-state index in [1.165, 1.54) is 19.1 Å². The molecule has 1 amide bonds. The highest BCUT2D eigenvalue weighted by Crippen LogP contribution is 2.48. The topological polar surface area (TPSA) is 83.5 Å². The fourth-order valence-corrected chi connectivity index (χ4v) is 5.03. The van der Waals surface area contributed by atoms with Gasteiger partial charge in [0, 0.05) is 37.7 Å². The molecule has 2 aliphatic rings. The molecule has 1 aromatic carbocycles. The van der Waals surface area contributed by atoms with Gasteiger partial charge in [0.25, 0.3) is 0 Å². The number of benzene rings is 1. The van der Waals surface area contributed by atoms with Crippen molar-refractivity contribution in [2.75, 3.05) is 13.2 Å². The van der Waals surface area contributed by atoms with Gasteiger partial charge >= 0.3 is 0 Å². The van der Waals surface area contributed by atoms with Crippen molar-refractivity contribution < 1.29 is 23.4 Å². The van der Waals surface area contributed by atoms with Gasteiger partial charge in [0.1, 0.15) is 11.4 Å². The van der Waals surface area contributed by atoms with Crippen molar-refractivity contribution in [3.63, 3.8) is 0 Å². The lowest BCUT2D eigenvalue weighted by Gasteiger charge is -2.47. The Labute approximate surface area is 205 Å². The summed E-state index contributed by atoms with van der Waals surface area (Å²) in [6.45, 7) is 3.15. The van der Waals surface area contributed by atoms with Crippen LogP contribution in [-0.2, 0) is 17.6 Å². The number of fused-ring (bicyclic) bond motifs is 1. The molecule has 1 aliphatic carbocycles. The first-order valence-electron chi connectivity index (χ1n) is 12.4. The lowest BCUT2D eigenvalue weighted by molar-refractivity contribution is -0.120. The number of aliphatic hydroxyl groups excluding tert-OH is 1. The summed E-state index contributed by atoms with van der Waals surface area (Å²) in [5.74, 6) is -0.0550. The van der Waals surface area contributed by atoms with Gasteiger partial charge in [-0.1, -0.05) is 19.1 Å². The number of hydrogen-bond acceptors (Lipinski definition) is 5. The van der Waals surface area contributed by atoms with Crippen molar-refractivity contribution in [1.29, 1.82) is 0 Å². The molecule has 4 rings (SSSR count). The Balaban J connectivity index is 1.48. The van der Waals surface area contributed by atoms with Crippen LogP contribution in [0.3, 0.4) is 0 Å². The summed E-state index contributed by atoms with van der Waals surface area (Å²) in [5, 5.41) is 17.3. The minimum absolute atomic E-state index is 0.0781. The highest BCUT2D eigenvalue weighted by Gasteiger charge is 2.46. The van der Waals surface area contributed by atoms with Crippen LogP contribution in [0.25, 0.3) is 0 Å². The second-order valence-corrected chi connectivity index (χ2v) is 10.2. The quantitative estimate of drug-likeness (QED) is 0.475. The summed E-state index contributed by atoms with van der Waals surface area (Å²) in [6, 6.07) is 7.49. The highest BCUT2D eigenvalue weighted by molar-refractivity contribution is 5.73. The van der Waals surface area contributed by atoms with Crippen molar-refractivity contribution in [3.05, 3.63) is 59.0 Å². The maximum absolute atomic E-state index is 13.3. The van der Waals surface area contributed by atoms with Gasteiger partial charge in [-0.25, -0.2) is 9.37 Å². The molecule has 0 unspecified atom stereocenters. The Kier molecular flexibility index (Phi) is 8.02. The van der Waals surface area contributed by atoms with E-state index in [9.17, 15) is 18.7 Å². The first-order chi connectivity index (χ1) is 16.8. The molecular formula is C27H35F2N3O3. The molecule has 4 atom stereocenters. The normalized spacial score (nSPS) is 20.8. The molecule has 1 fully saturated rings. The number of aromatic nitrogens is 1. The molecule has 1 spiro atoms. The monoisotopic (exact) mass is 487 g/mol. The lowest BCUT2D eigenvalue weighted by Crippen LogP contribution is -2.52. The average molecular weight is 488 g/mol. The van der Waals surface area contributed by atoms with Crippen molar-refractivity contribution in [2.45, 2.75) is 76.2 Å². The molecule has 1 aliphatic heterocycles. The number of amides is 1. The predicted molar refractivity (Wildman–Crippen MR) is 129 cm³/mol. The molecule has 2 aromatic rings. The first-order valence-corrected chi connectivity index (χ1v) is 12.4. The number of pyridine rings is 1. The lowest BCUT2D eigenvalue weighted by atomic mass is 9.73. The Morgan fingerprint density at radius 1 is 1.26 bits per heavy atom. The number of hydrogen-bond donors (Lipinski definition) is 3. The van der Waals surface area contributed by atoms with E-state index >= 15 is 0 Å². The molecule has 1 saturated carbocycles. The molecule has 0 saturated heterocycles. The van der Waals surface area contributed by atoms with Gasteiger partial charge in [0.05, 0.1) is 18.8 Å². The molecule has 1 aromatic heterocycles. The number of carbonyl (C=O) groups is 1. The molecule has 0 radical (unpaired) electrons. The minimum atomic E-state index is -0.865. The van der Waals surface area contributed by atoms with Crippen LogP contribution in [0, 0.1) is 11.7 Å². The summed E-state index contributed by atoms with van der Waals surface area (Å²) in [5.41, 5.74) is 2.47. The number of nitrogens with one attached hydrogen (secondary N) is 2. The third-order valence-electron chi connectivity index (χ3n) is 7.11. The second kappa shape index (κ2) is 11.0. The molecule has 8 heteroatoms. The standard InChI is InChI=1S/C27H35F2N3O3/c1-17(14-28)10-20-11-22-24(13-27(8-3-9-27)35-26(22)31-15-20)30-16-25(34)23(32-18(2)33)12-19-4-6-21(29)7-5-19/h4-7,11,15,17,23-25,30,34H,3,8-10,12-14,16H2,1-2H3,(H,32,33)/t17-,23-,24-,25-/m0/s1. The van der Waals surface area contributed by atoms with Gasteiger partial charge < -0.3 is 20.5 Å². The van der Waals surface area contributed by atoms with E-state index in [4.69, 9.17) is 4.74 Å². The maximum Gasteiger partial charge on any atom is 0.218 e. The molecule has 35 heavy (non-hydrogen) atoms. The zero-order chi connectivity index (χ0) is 25.0. The number of halogens is 2. The fourth-order valence-electron chi connectivity index (χ4n) is 5.03. The molecule has 6 nitrogen and oxygen atoms in total. The third kappa shape index (κ3) is 6.35. The Bertz CT molecular complexity index is 1010. The number of ether oxygens (including phenoxy) is 1. The summed E-state index contributed by atoms with van der Waals surface area (Å²) < 4.78 is 32.6. The van der Waals surface area contributed by atoms with Crippen molar-refractivity contribution in [3.8, 4) is 5.88 Å². The number of carbonyl (C=O) groups excluding carboxylic acids is 1. The molecule has 3 N–H and O–H groups in total. The third-order valence-corrected chi connectivity index (χ3v) is 7.11. The maximum atomic E-state index is 13.3. The van der Waals surface area contributed by atoms with Gasteiger partial charge in [-0.15, -0.1) is 0 Å². The molecule has 2 heterocycles. The number of alkyl halides is 1. The van der Waals surface area contributed by atoms with E-state index in [1.807, 2.05) is 13.0 Å². The van der Waals surface area contributed by atoms with Crippen LogP contribution >= 0.6 is 0 Å². The van der Waals surface area contributed by atoms with Crippen molar-refractivity contribution in [2.24, 2.45) is 5.92 Å². The van der Waals surface area contributed by atoms with Crippen LogP contribution in [0.15, 0.2) is 36.5 Å². The van der Waals surface area contributed by atoms with Gasteiger partial charge in [-0.2, -0.15) is 0 Å². The van der Waals surface area contributed by atoms with E-state index in [-0.39, 0.29) is 42.5 Å². The Morgan fingerprint density at radius 3 is 2.63 bits per heavy atom. The van der Waals surface area contributed by atoms with Gasteiger partial charge in [-0.3, -0.25) is 9.18 Å². The summed E-state index contributed by atoms with van der Waals surface area (Å²) in [4.78, 5) is 16.4. The fraction of sp³-hybridized carbons (Fsp3) is 0.556. The van der Waals surface area contributed by atoms with E-state index in [1.54, 1.807) is 18.3 Å². The number of nitrogens with zero attached hydrogens (tertiary/aromatic N) is 1. The van der Waals surface area contributed by atoms with E-state index in [0.717, 1.165) is 42.4 Å². The Hall–Kier alpha value is -2.58. The van der Waals surface area contributed by atoms with Crippen molar-refractivity contribution in [1.82, 2.24) is 15.6 Å². The SMILES string of the molecule is CC(=O)N[C@@H](Cc1ccc(F)cc1)[C@@H](O)CN[C@H]1CC2(CCC2)Oc2ncc(C[C@H](C)CF)cc21. The van der Waals surface area contributed by atoms with Crippen molar-refractivity contribution >= 4 is 5.91 Å². The zero-order valence-electron chi connectivity index (χ0n) is 20.4. The van der Waals surface area contributed by atoms with Crippen LogP contribution in [-0.4, -0.2) is 47.0 Å². The van der Waals surface area contributed by atoms with Crippen LogP contribution in [0.1, 0.15) is 62.3 Å². The number of aliphatic hydroxyl groups is 1. The largest absolute Gasteiger partial charge is 0.471 e. The van der Waals surface area contributed by atoms with Gasteiger partial charge in [0.15, 0.2) is 0 Å². The van der Waals surface area contributed by atoms with E-state index in [2.05, 4.69) is 15.6 Å². The first kappa shape index (κ1) is 25.5. The number of rotatable bonds is 10. The predicted octanol–water partition coefficient (Wildman–Crippen LogP) is 3.81. The highest BCUT2D eigenvalue weighted by atomic mass is 19.1. The van der Waals surface area contributed by atoms with Crippen LogP contribution in [0.2, 0.25) is 0 Å². The second-order valence-electron chi connectivity index (χ2n) is 10.2. The molecular weight excluding hydrogens is 452 g/mol. The van der Waals surface area contributed by atoms with E-state index in [0.29, 0.717) is 18.7 Å². The zero-order valence-corrected chi connectivity index (χ0v) is 20.4. The summed E-state index contributed by atoms with van der Waals surface area (Å²) in [7, 11) is 0. The molecule has 190 valence electrons. The Morgan fingerprint density at radius 2 is 2.00 bits per heavy atom. The average Bonchev–Trinajstić information content (AvgIpc) is 2.81. The summed E-state index contributed by atoms with van der Waals surface area (Å²) in [6.07, 6.45) is 5.69. The van der Waals surface area contributed by atoms with E-state index < -0.39 is 12.1 Å². The van der Waals surface area contributed by atoms with Gasteiger partial charge in [-0.05, 0) is 67.3 Å². The van der Waals surface area contributed by atoms with Crippen LogP contribution in [0.5, 0.6) is 5.88 Å². The molecule has 0 bridgehead atoms.